The highest BCUT2D eigenvalue weighted by molar-refractivity contribution is 6.43. The van der Waals surface area contributed by atoms with E-state index in [2.05, 4.69) is 9.97 Å². The van der Waals surface area contributed by atoms with E-state index in [1.165, 1.54) is 0 Å². The fourth-order valence-electron chi connectivity index (χ4n) is 1.39. The number of benzene rings is 1. The Morgan fingerprint density at radius 3 is 2.35 bits per heavy atom. The first-order valence-electron chi connectivity index (χ1n) is 4.96. The number of aromatic nitrogens is 2. The Bertz CT molecular complexity index is 559. The van der Waals surface area contributed by atoms with Gasteiger partial charge in [0.1, 0.15) is 5.15 Å². The van der Waals surface area contributed by atoms with Gasteiger partial charge < -0.3 is 0 Å². The van der Waals surface area contributed by atoms with Crippen LogP contribution in [0.3, 0.4) is 0 Å². The van der Waals surface area contributed by atoms with Gasteiger partial charge in [0.05, 0.1) is 10.0 Å². The van der Waals surface area contributed by atoms with E-state index < -0.39 is 0 Å². The van der Waals surface area contributed by atoms with Gasteiger partial charge in [0.2, 0.25) is 0 Å². The number of hydrogen-bond donors (Lipinski definition) is 0. The van der Waals surface area contributed by atoms with Gasteiger partial charge in [0.15, 0.2) is 5.82 Å². The Balaban J connectivity index is 2.65. The summed E-state index contributed by atoms with van der Waals surface area (Å²) in [6, 6.07) is 5.33. The van der Waals surface area contributed by atoms with Gasteiger partial charge in [-0.3, -0.25) is 0 Å². The number of hydrogen-bond acceptors (Lipinski definition) is 2. The minimum Gasteiger partial charge on any atom is -0.233 e. The second-order valence-electron chi connectivity index (χ2n) is 3.65. The average molecular weight is 288 g/mol. The van der Waals surface area contributed by atoms with Crippen LogP contribution < -0.4 is 0 Å². The molecular formula is C12H9Cl3N2. The fraction of sp³-hybridized carbons (Fsp3) is 0.167. The van der Waals surface area contributed by atoms with Gasteiger partial charge in [0.25, 0.3) is 0 Å². The predicted octanol–water partition coefficient (Wildman–Crippen LogP) is 4.72. The molecule has 1 aromatic heterocycles. The molecule has 0 fully saturated rings. The molecule has 1 aromatic carbocycles. The molecule has 1 heterocycles. The lowest BCUT2D eigenvalue weighted by molar-refractivity contribution is 1.07. The second-order valence-corrected chi connectivity index (χ2v) is 4.79. The lowest BCUT2D eigenvalue weighted by Gasteiger charge is -2.08. The van der Waals surface area contributed by atoms with E-state index >= 15 is 0 Å². The predicted molar refractivity (Wildman–Crippen MR) is 72.0 cm³/mol. The SMILES string of the molecule is Cc1nc(-c2cccc(Cl)c2Cl)nc(Cl)c1C. The van der Waals surface area contributed by atoms with E-state index in [9.17, 15) is 0 Å². The van der Waals surface area contributed by atoms with Crippen LogP contribution in [-0.4, -0.2) is 9.97 Å². The quantitative estimate of drug-likeness (QED) is 0.709. The van der Waals surface area contributed by atoms with E-state index in [-0.39, 0.29) is 0 Å². The molecule has 0 saturated heterocycles. The smallest absolute Gasteiger partial charge is 0.162 e. The van der Waals surface area contributed by atoms with Gasteiger partial charge in [-0.2, -0.15) is 0 Å². The Labute approximate surface area is 115 Å². The molecular weight excluding hydrogens is 279 g/mol. The summed E-state index contributed by atoms with van der Waals surface area (Å²) < 4.78 is 0. The largest absolute Gasteiger partial charge is 0.233 e. The first-order valence-corrected chi connectivity index (χ1v) is 6.09. The molecule has 0 aliphatic heterocycles. The summed E-state index contributed by atoms with van der Waals surface area (Å²) in [5.74, 6) is 0.491. The Kier molecular flexibility index (Phi) is 3.57. The van der Waals surface area contributed by atoms with Crippen LogP contribution in [0.15, 0.2) is 18.2 Å². The highest BCUT2D eigenvalue weighted by Gasteiger charge is 2.12. The second kappa shape index (κ2) is 4.81. The summed E-state index contributed by atoms with van der Waals surface area (Å²) in [6.45, 7) is 3.76. The lowest BCUT2D eigenvalue weighted by Crippen LogP contribution is -1.97. The average Bonchev–Trinajstić information content (AvgIpc) is 2.29. The Morgan fingerprint density at radius 2 is 1.71 bits per heavy atom. The van der Waals surface area contributed by atoms with Crippen molar-refractivity contribution in [1.82, 2.24) is 9.97 Å². The molecule has 0 aliphatic rings. The number of rotatable bonds is 1. The van der Waals surface area contributed by atoms with E-state index in [1.54, 1.807) is 12.1 Å². The standard InChI is InChI=1S/C12H9Cl3N2/c1-6-7(2)16-12(17-11(6)15)8-4-3-5-9(13)10(8)14/h3-5H,1-2H3. The summed E-state index contributed by atoms with van der Waals surface area (Å²) >= 11 is 18.1. The first kappa shape index (κ1) is 12.6. The number of halogens is 3. The van der Waals surface area contributed by atoms with Crippen molar-refractivity contribution < 1.29 is 0 Å². The molecule has 5 heteroatoms. The molecule has 2 aromatic rings. The number of nitrogens with zero attached hydrogens (tertiary/aromatic N) is 2. The van der Waals surface area contributed by atoms with Crippen LogP contribution in [0.4, 0.5) is 0 Å². The van der Waals surface area contributed by atoms with E-state index in [1.807, 2.05) is 19.9 Å². The van der Waals surface area contributed by atoms with Crippen molar-refractivity contribution in [3.05, 3.63) is 44.7 Å². The minimum absolute atomic E-state index is 0.434. The molecule has 0 saturated carbocycles. The summed E-state index contributed by atoms with van der Waals surface area (Å²) in [7, 11) is 0. The van der Waals surface area contributed by atoms with Crippen molar-refractivity contribution in [2.24, 2.45) is 0 Å². The molecule has 0 bridgehead atoms. The highest BCUT2D eigenvalue weighted by Crippen LogP contribution is 2.32. The van der Waals surface area contributed by atoms with Crippen LogP contribution in [-0.2, 0) is 0 Å². The van der Waals surface area contributed by atoms with Gasteiger partial charge in [-0.05, 0) is 26.0 Å². The molecule has 0 radical (unpaired) electrons. The molecule has 0 N–H and O–H groups in total. The van der Waals surface area contributed by atoms with Crippen molar-refractivity contribution >= 4 is 34.8 Å². The topological polar surface area (TPSA) is 25.8 Å². The third-order valence-electron chi connectivity index (χ3n) is 2.52. The Morgan fingerprint density at radius 1 is 1.00 bits per heavy atom. The maximum Gasteiger partial charge on any atom is 0.162 e. The molecule has 0 amide bonds. The first-order chi connectivity index (χ1) is 8.00. The van der Waals surface area contributed by atoms with Crippen molar-refractivity contribution in [3.8, 4) is 11.4 Å². The van der Waals surface area contributed by atoms with Gasteiger partial charge in [-0.15, -0.1) is 0 Å². The molecule has 88 valence electrons. The normalized spacial score (nSPS) is 10.6. The molecule has 2 rings (SSSR count). The van der Waals surface area contributed by atoms with Crippen LogP contribution >= 0.6 is 34.8 Å². The summed E-state index contributed by atoms with van der Waals surface area (Å²) in [5, 5.41) is 1.35. The maximum atomic E-state index is 6.12. The zero-order chi connectivity index (χ0) is 12.6. The van der Waals surface area contributed by atoms with Gasteiger partial charge in [-0.25, -0.2) is 9.97 Å². The molecule has 2 nitrogen and oxygen atoms in total. The molecule has 0 unspecified atom stereocenters. The maximum absolute atomic E-state index is 6.12. The summed E-state index contributed by atoms with van der Waals surface area (Å²) in [6.07, 6.45) is 0. The lowest BCUT2D eigenvalue weighted by atomic mass is 10.2. The monoisotopic (exact) mass is 286 g/mol. The van der Waals surface area contributed by atoms with Crippen LogP contribution in [0, 0.1) is 13.8 Å². The van der Waals surface area contributed by atoms with Crippen molar-refractivity contribution in [3.63, 3.8) is 0 Å². The van der Waals surface area contributed by atoms with Gasteiger partial charge in [0, 0.05) is 16.8 Å². The van der Waals surface area contributed by atoms with Crippen molar-refractivity contribution in [2.45, 2.75) is 13.8 Å². The summed E-state index contributed by atoms with van der Waals surface area (Å²) in [5.41, 5.74) is 2.38. The van der Waals surface area contributed by atoms with Crippen LogP contribution in [0.1, 0.15) is 11.3 Å². The third kappa shape index (κ3) is 2.39. The Hall–Kier alpha value is -0.830. The molecule has 0 atom stereocenters. The zero-order valence-electron chi connectivity index (χ0n) is 9.26. The number of aryl methyl sites for hydroxylation is 1. The van der Waals surface area contributed by atoms with E-state index in [0.29, 0.717) is 26.6 Å². The van der Waals surface area contributed by atoms with Crippen LogP contribution in [0.2, 0.25) is 15.2 Å². The minimum atomic E-state index is 0.434. The van der Waals surface area contributed by atoms with E-state index in [4.69, 9.17) is 34.8 Å². The van der Waals surface area contributed by atoms with Crippen LogP contribution in [0.25, 0.3) is 11.4 Å². The van der Waals surface area contributed by atoms with Gasteiger partial charge >= 0.3 is 0 Å². The molecule has 0 spiro atoms. The third-order valence-corrected chi connectivity index (χ3v) is 3.71. The zero-order valence-corrected chi connectivity index (χ0v) is 11.5. The fourth-order valence-corrected chi connectivity index (χ4v) is 1.99. The van der Waals surface area contributed by atoms with Crippen LogP contribution in [0.5, 0.6) is 0 Å². The van der Waals surface area contributed by atoms with Crippen molar-refractivity contribution in [1.29, 1.82) is 0 Å². The van der Waals surface area contributed by atoms with Gasteiger partial charge in [-0.1, -0.05) is 40.9 Å². The van der Waals surface area contributed by atoms with E-state index in [0.717, 1.165) is 11.3 Å². The highest BCUT2D eigenvalue weighted by atomic mass is 35.5. The van der Waals surface area contributed by atoms with Crippen molar-refractivity contribution in [2.75, 3.05) is 0 Å². The molecule has 0 aliphatic carbocycles. The summed E-state index contributed by atoms with van der Waals surface area (Å²) in [4.78, 5) is 8.58. The molecule has 17 heavy (non-hydrogen) atoms.